The molecule has 0 atom stereocenters. The van der Waals surface area contributed by atoms with E-state index in [1.54, 1.807) is 6.92 Å². The van der Waals surface area contributed by atoms with Crippen LogP contribution in [0.5, 0.6) is 0 Å². The highest BCUT2D eigenvalue weighted by Crippen LogP contribution is 2.19. The second-order valence-corrected chi connectivity index (χ2v) is 6.81. The Hall–Kier alpha value is -1.83. The van der Waals surface area contributed by atoms with Gasteiger partial charge in [0.25, 0.3) is 0 Å². The summed E-state index contributed by atoms with van der Waals surface area (Å²) in [5.74, 6) is 0.324. The van der Waals surface area contributed by atoms with E-state index in [-0.39, 0.29) is 18.0 Å². The van der Waals surface area contributed by atoms with Gasteiger partial charge < -0.3 is 0 Å². The summed E-state index contributed by atoms with van der Waals surface area (Å²) < 4.78 is 26.4. The molecule has 2 aromatic rings. The number of hydrogen-bond acceptors (Lipinski definition) is 5. The van der Waals surface area contributed by atoms with Crippen molar-refractivity contribution in [3.8, 4) is 0 Å². The first-order valence-electron chi connectivity index (χ1n) is 6.49. The molecule has 0 aliphatic carbocycles. The number of carbonyl (C=O) groups excluding carboxylic acids is 1. The summed E-state index contributed by atoms with van der Waals surface area (Å²) in [7, 11) is -3.66. The van der Waals surface area contributed by atoms with Gasteiger partial charge in [-0.05, 0) is 24.3 Å². The molecular formula is C14H14ClN3O3S. The van der Waals surface area contributed by atoms with Gasteiger partial charge in [-0.2, -0.15) is 4.31 Å². The highest BCUT2D eigenvalue weighted by Gasteiger charge is 2.24. The zero-order valence-electron chi connectivity index (χ0n) is 11.8. The van der Waals surface area contributed by atoms with Crippen molar-refractivity contribution < 1.29 is 13.2 Å². The minimum Gasteiger partial charge on any atom is -0.298 e. The van der Waals surface area contributed by atoms with Crippen LogP contribution in [0.4, 0.5) is 0 Å². The minimum atomic E-state index is -3.66. The van der Waals surface area contributed by atoms with Crippen LogP contribution in [0.3, 0.4) is 0 Å². The first kappa shape index (κ1) is 16.5. The van der Waals surface area contributed by atoms with E-state index in [2.05, 4.69) is 9.97 Å². The summed E-state index contributed by atoms with van der Waals surface area (Å²) in [5.41, 5.74) is 0.340. The summed E-state index contributed by atoms with van der Waals surface area (Å²) >= 11 is 5.78. The predicted octanol–water partition coefficient (Wildman–Crippen LogP) is 2.15. The van der Waals surface area contributed by atoms with Gasteiger partial charge in [-0.1, -0.05) is 18.5 Å². The number of rotatable bonds is 6. The average Bonchev–Trinajstić information content (AvgIpc) is 2.53. The summed E-state index contributed by atoms with van der Waals surface area (Å²) in [6.45, 7) is 2.03. The SMILES string of the molecule is CCN(Cc1ncc(C=O)cn1)S(=O)(=O)c1ccc(Cl)cc1. The lowest BCUT2D eigenvalue weighted by Crippen LogP contribution is -2.31. The van der Waals surface area contributed by atoms with Gasteiger partial charge in [0.1, 0.15) is 5.82 Å². The van der Waals surface area contributed by atoms with Crippen LogP contribution >= 0.6 is 11.6 Å². The van der Waals surface area contributed by atoms with E-state index < -0.39 is 10.0 Å². The maximum absolute atomic E-state index is 12.6. The van der Waals surface area contributed by atoms with Crippen LogP contribution < -0.4 is 0 Å². The van der Waals surface area contributed by atoms with Crippen LogP contribution in [0, 0.1) is 0 Å². The van der Waals surface area contributed by atoms with Crippen LogP contribution in [-0.4, -0.2) is 35.5 Å². The lowest BCUT2D eigenvalue weighted by molar-refractivity contribution is 0.112. The predicted molar refractivity (Wildman–Crippen MR) is 82.1 cm³/mol. The van der Waals surface area contributed by atoms with Crippen molar-refractivity contribution in [2.45, 2.75) is 18.4 Å². The molecule has 1 heterocycles. The zero-order valence-corrected chi connectivity index (χ0v) is 13.4. The number of aldehydes is 1. The van der Waals surface area contributed by atoms with Crippen LogP contribution in [0.15, 0.2) is 41.6 Å². The fourth-order valence-electron chi connectivity index (χ4n) is 1.79. The first-order chi connectivity index (χ1) is 10.5. The molecule has 0 unspecified atom stereocenters. The molecule has 0 saturated heterocycles. The molecule has 1 aromatic heterocycles. The van der Waals surface area contributed by atoms with Crippen molar-refractivity contribution in [3.05, 3.63) is 53.1 Å². The molecule has 0 spiro atoms. The Kier molecular flexibility index (Phi) is 5.23. The number of halogens is 1. The summed E-state index contributed by atoms with van der Waals surface area (Å²) in [5, 5.41) is 0.467. The second kappa shape index (κ2) is 6.95. The van der Waals surface area contributed by atoms with Gasteiger partial charge in [-0.3, -0.25) is 4.79 Å². The van der Waals surface area contributed by atoms with Crippen molar-refractivity contribution in [2.75, 3.05) is 6.54 Å². The maximum atomic E-state index is 12.6. The molecular weight excluding hydrogens is 326 g/mol. The third kappa shape index (κ3) is 3.68. The molecule has 22 heavy (non-hydrogen) atoms. The quantitative estimate of drug-likeness (QED) is 0.753. The molecule has 0 aliphatic rings. The van der Waals surface area contributed by atoms with E-state index in [0.29, 0.717) is 22.7 Å². The largest absolute Gasteiger partial charge is 0.298 e. The minimum absolute atomic E-state index is 0.0284. The second-order valence-electron chi connectivity index (χ2n) is 4.44. The molecule has 2 rings (SSSR count). The van der Waals surface area contributed by atoms with Gasteiger partial charge in [-0.25, -0.2) is 18.4 Å². The molecule has 6 nitrogen and oxygen atoms in total. The molecule has 0 bridgehead atoms. The number of aromatic nitrogens is 2. The lowest BCUT2D eigenvalue weighted by Gasteiger charge is -2.19. The molecule has 116 valence electrons. The Morgan fingerprint density at radius 3 is 2.27 bits per heavy atom. The Morgan fingerprint density at radius 2 is 1.77 bits per heavy atom. The van der Waals surface area contributed by atoms with Crippen LogP contribution in [0.25, 0.3) is 0 Å². The molecule has 0 radical (unpaired) electrons. The number of sulfonamides is 1. The number of nitrogens with zero attached hydrogens (tertiary/aromatic N) is 3. The third-order valence-corrected chi connectivity index (χ3v) is 5.17. The first-order valence-corrected chi connectivity index (χ1v) is 8.31. The Morgan fingerprint density at radius 1 is 1.18 bits per heavy atom. The number of hydrogen-bond donors (Lipinski definition) is 0. The van der Waals surface area contributed by atoms with Gasteiger partial charge in [0, 0.05) is 24.0 Å². The monoisotopic (exact) mass is 339 g/mol. The highest BCUT2D eigenvalue weighted by atomic mass is 35.5. The molecule has 0 aliphatic heterocycles. The fourth-order valence-corrected chi connectivity index (χ4v) is 3.32. The maximum Gasteiger partial charge on any atom is 0.243 e. The standard InChI is InChI=1S/C14H14ClN3O3S/c1-2-18(9-14-16-7-11(10-19)8-17-14)22(20,21)13-5-3-12(15)4-6-13/h3-8,10H,2,9H2,1H3. The zero-order chi connectivity index (χ0) is 16.2. The fraction of sp³-hybridized carbons (Fsp3) is 0.214. The topological polar surface area (TPSA) is 80.2 Å². The van der Waals surface area contributed by atoms with E-state index in [9.17, 15) is 13.2 Å². The normalized spacial score (nSPS) is 11.6. The van der Waals surface area contributed by atoms with Crippen LogP contribution in [-0.2, 0) is 16.6 Å². The van der Waals surface area contributed by atoms with Gasteiger partial charge in [0.15, 0.2) is 6.29 Å². The van der Waals surface area contributed by atoms with Crippen LogP contribution in [0.1, 0.15) is 23.1 Å². The molecule has 0 amide bonds. The molecule has 0 saturated carbocycles. The van der Waals surface area contributed by atoms with E-state index in [1.807, 2.05) is 0 Å². The third-order valence-electron chi connectivity index (χ3n) is 2.98. The number of benzene rings is 1. The lowest BCUT2D eigenvalue weighted by atomic mass is 10.4. The number of carbonyl (C=O) groups is 1. The summed E-state index contributed by atoms with van der Waals surface area (Å²) in [6.07, 6.45) is 3.35. The van der Waals surface area contributed by atoms with Crippen molar-refractivity contribution in [1.82, 2.24) is 14.3 Å². The van der Waals surface area contributed by atoms with E-state index >= 15 is 0 Å². The van der Waals surface area contributed by atoms with Crippen molar-refractivity contribution in [1.29, 1.82) is 0 Å². The Bertz CT molecular complexity index is 746. The Labute approximate surface area is 133 Å². The average molecular weight is 340 g/mol. The highest BCUT2D eigenvalue weighted by molar-refractivity contribution is 7.89. The molecule has 0 N–H and O–H groups in total. The van der Waals surface area contributed by atoms with Gasteiger partial charge >= 0.3 is 0 Å². The smallest absolute Gasteiger partial charge is 0.243 e. The molecule has 8 heteroatoms. The van der Waals surface area contributed by atoms with Gasteiger partial charge in [0.2, 0.25) is 10.0 Å². The summed E-state index contributed by atoms with van der Waals surface area (Å²) in [6, 6.07) is 5.96. The molecule has 0 fully saturated rings. The van der Waals surface area contributed by atoms with Crippen molar-refractivity contribution in [3.63, 3.8) is 0 Å². The van der Waals surface area contributed by atoms with Gasteiger partial charge in [0.05, 0.1) is 17.0 Å². The van der Waals surface area contributed by atoms with Crippen LogP contribution in [0.2, 0.25) is 5.02 Å². The van der Waals surface area contributed by atoms with Crippen molar-refractivity contribution in [2.24, 2.45) is 0 Å². The van der Waals surface area contributed by atoms with E-state index in [0.717, 1.165) is 0 Å². The van der Waals surface area contributed by atoms with Crippen molar-refractivity contribution >= 4 is 27.9 Å². The molecule has 1 aromatic carbocycles. The summed E-state index contributed by atoms with van der Waals surface area (Å²) in [4.78, 5) is 18.7. The van der Waals surface area contributed by atoms with Gasteiger partial charge in [-0.15, -0.1) is 0 Å². The Balaban J connectivity index is 2.25. The van der Waals surface area contributed by atoms with E-state index in [4.69, 9.17) is 11.6 Å². The van der Waals surface area contributed by atoms with E-state index in [1.165, 1.54) is 41.0 Å².